The Bertz CT molecular complexity index is 839. The van der Waals surface area contributed by atoms with E-state index in [1.54, 1.807) is 25.3 Å². The van der Waals surface area contributed by atoms with Crippen LogP contribution in [-0.2, 0) is 17.6 Å². The summed E-state index contributed by atoms with van der Waals surface area (Å²) in [7, 11) is 3.08. The molecule has 27 heavy (non-hydrogen) atoms. The highest BCUT2D eigenvalue weighted by Crippen LogP contribution is 2.43. The SMILES string of the molecule is C=CCc1ccc(Oc2cc(CC=C)cc(OC)c2OC(C)=O)c(OC)c1. The van der Waals surface area contributed by atoms with Gasteiger partial charge in [0.25, 0.3) is 0 Å². The first-order valence-electron chi connectivity index (χ1n) is 8.48. The Morgan fingerprint density at radius 1 is 0.889 bits per heavy atom. The first kappa shape index (κ1) is 20.1. The normalized spacial score (nSPS) is 10.0. The van der Waals surface area contributed by atoms with Crippen LogP contribution in [0.2, 0.25) is 0 Å². The van der Waals surface area contributed by atoms with Crippen LogP contribution in [0.1, 0.15) is 18.1 Å². The molecule has 0 amide bonds. The molecule has 5 heteroatoms. The van der Waals surface area contributed by atoms with Crippen molar-refractivity contribution in [1.82, 2.24) is 0 Å². The van der Waals surface area contributed by atoms with Crippen LogP contribution in [0.25, 0.3) is 0 Å². The zero-order valence-electron chi connectivity index (χ0n) is 15.9. The lowest BCUT2D eigenvalue weighted by atomic mass is 10.1. The van der Waals surface area contributed by atoms with Gasteiger partial charge in [-0.2, -0.15) is 0 Å². The zero-order valence-corrected chi connectivity index (χ0v) is 15.9. The maximum atomic E-state index is 11.6. The van der Waals surface area contributed by atoms with Crippen LogP contribution in [0.4, 0.5) is 0 Å². The molecule has 0 fully saturated rings. The molecule has 0 aromatic heterocycles. The molecule has 142 valence electrons. The lowest BCUT2D eigenvalue weighted by molar-refractivity contribution is -0.132. The number of esters is 1. The molecule has 0 saturated heterocycles. The van der Waals surface area contributed by atoms with Crippen molar-refractivity contribution in [2.45, 2.75) is 19.8 Å². The Kier molecular flexibility index (Phi) is 7.06. The molecule has 0 bridgehead atoms. The molecule has 2 rings (SSSR count). The van der Waals surface area contributed by atoms with E-state index in [2.05, 4.69) is 13.2 Å². The van der Waals surface area contributed by atoms with E-state index in [9.17, 15) is 4.79 Å². The second kappa shape index (κ2) is 9.48. The van der Waals surface area contributed by atoms with Crippen LogP contribution in [-0.4, -0.2) is 20.2 Å². The maximum absolute atomic E-state index is 11.6. The number of benzene rings is 2. The maximum Gasteiger partial charge on any atom is 0.308 e. The predicted octanol–water partition coefficient (Wildman–Crippen LogP) is 4.88. The van der Waals surface area contributed by atoms with Crippen LogP contribution in [0.3, 0.4) is 0 Å². The van der Waals surface area contributed by atoms with Gasteiger partial charge in [0.1, 0.15) is 0 Å². The summed E-state index contributed by atoms with van der Waals surface area (Å²) >= 11 is 0. The van der Waals surface area contributed by atoms with E-state index in [0.717, 1.165) is 17.5 Å². The number of allylic oxidation sites excluding steroid dienone is 2. The van der Waals surface area contributed by atoms with Crippen molar-refractivity contribution in [3.63, 3.8) is 0 Å². The van der Waals surface area contributed by atoms with E-state index < -0.39 is 5.97 Å². The topological polar surface area (TPSA) is 54.0 Å². The molecule has 0 aliphatic carbocycles. The Labute approximate surface area is 159 Å². The second-order valence-electron chi connectivity index (χ2n) is 5.79. The Balaban J connectivity index is 2.52. The molecule has 0 radical (unpaired) electrons. The van der Waals surface area contributed by atoms with Crippen molar-refractivity contribution in [3.8, 4) is 28.7 Å². The molecule has 0 aliphatic rings. The van der Waals surface area contributed by atoms with Crippen molar-refractivity contribution in [2.24, 2.45) is 0 Å². The molecule has 0 heterocycles. The molecule has 0 unspecified atom stereocenters. The van der Waals surface area contributed by atoms with Crippen LogP contribution in [0.15, 0.2) is 55.6 Å². The van der Waals surface area contributed by atoms with Gasteiger partial charge in [0.05, 0.1) is 14.2 Å². The van der Waals surface area contributed by atoms with E-state index in [1.165, 1.54) is 14.0 Å². The summed E-state index contributed by atoms with van der Waals surface area (Å²) in [6.07, 6.45) is 4.92. The fraction of sp³-hybridized carbons (Fsp3) is 0.227. The molecule has 0 spiro atoms. The van der Waals surface area contributed by atoms with Gasteiger partial charge < -0.3 is 18.9 Å². The quantitative estimate of drug-likeness (QED) is 0.359. The summed E-state index contributed by atoms with van der Waals surface area (Å²) < 4.78 is 22.2. The number of ether oxygens (including phenoxy) is 4. The van der Waals surface area contributed by atoms with Gasteiger partial charge in [-0.3, -0.25) is 4.79 Å². The molecule has 2 aromatic carbocycles. The number of hydrogen-bond donors (Lipinski definition) is 0. The van der Waals surface area contributed by atoms with Gasteiger partial charge in [-0.05, 0) is 48.2 Å². The minimum Gasteiger partial charge on any atom is -0.493 e. The highest BCUT2D eigenvalue weighted by Gasteiger charge is 2.19. The molecular weight excluding hydrogens is 344 g/mol. The van der Waals surface area contributed by atoms with Gasteiger partial charge in [0.15, 0.2) is 23.0 Å². The largest absolute Gasteiger partial charge is 0.493 e. The number of rotatable bonds is 9. The van der Waals surface area contributed by atoms with Gasteiger partial charge in [-0.1, -0.05) is 18.2 Å². The Morgan fingerprint density at radius 2 is 1.48 bits per heavy atom. The minimum absolute atomic E-state index is 0.218. The lowest BCUT2D eigenvalue weighted by Crippen LogP contribution is -2.05. The summed E-state index contributed by atoms with van der Waals surface area (Å²) in [5, 5.41) is 0. The standard InChI is InChI=1S/C22H24O5/c1-6-8-16-10-11-18(19(12-16)24-4)27-21-14-17(9-7-2)13-20(25-5)22(21)26-15(3)23/h6-7,10-14H,1-2,8-9H2,3-5H3. The van der Waals surface area contributed by atoms with Gasteiger partial charge >= 0.3 is 5.97 Å². The number of carbonyl (C=O) groups excluding carboxylic acids is 1. The first-order valence-corrected chi connectivity index (χ1v) is 8.48. The van der Waals surface area contributed by atoms with Crippen molar-refractivity contribution in [1.29, 1.82) is 0 Å². The van der Waals surface area contributed by atoms with Gasteiger partial charge in [0.2, 0.25) is 5.75 Å². The van der Waals surface area contributed by atoms with E-state index in [-0.39, 0.29) is 5.75 Å². The van der Waals surface area contributed by atoms with Gasteiger partial charge in [-0.25, -0.2) is 0 Å². The molecular formula is C22H24O5. The van der Waals surface area contributed by atoms with Crippen LogP contribution >= 0.6 is 0 Å². The number of carbonyl (C=O) groups is 1. The fourth-order valence-corrected chi connectivity index (χ4v) is 2.60. The highest BCUT2D eigenvalue weighted by atomic mass is 16.6. The lowest BCUT2D eigenvalue weighted by Gasteiger charge is -2.17. The second-order valence-corrected chi connectivity index (χ2v) is 5.79. The summed E-state index contributed by atoms with van der Waals surface area (Å²) in [6.45, 7) is 8.82. The van der Waals surface area contributed by atoms with E-state index in [4.69, 9.17) is 18.9 Å². The Morgan fingerprint density at radius 3 is 2.07 bits per heavy atom. The van der Waals surface area contributed by atoms with Crippen molar-refractivity contribution < 1.29 is 23.7 Å². The van der Waals surface area contributed by atoms with Crippen LogP contribution in [0.5, 0.6) is 28.7 Å². The molecule has 0 saturated carbocycles. The molecule has 2 aromatic rings. The predicted molar refractivity (Wildman–Crippen MR) is 105 cm³/mol. The third-order valence-corrected chi connectivity index (χ3v) is 3.75. The summed E-state index contributed by atoms with van der Waals surface area (Å²) in [6, 6.07) is 9.20. The zero-order chi connectivity index (χ0) is 19.8. The number of methoxy groups -OCH3 is 2. The Hall–Kier alpha value is -3.21. The average Bonchev–Trinajstić information content (AvgIpc) is 2.64. The third-order valence-electron chi connectivity index (χ3n) is 3.75. The fourth-order valence-electron chi connectivity index (χ4n) is 2.60. The minimum atomic E-state index is -0.470. The molecule has 5 nitrogen and oxygen atoms in total. The van der Waals surface area contributed by atoms with Gasteiger partial charge in [0, 0.05) is 6.92 Å². The first-order chi connectivity index (χ1) is 13.0. The van der Waals surface area contributed by atoms with E-state index in [1.807, 2.05) is 24.3 Å². The monoisotopic (exact) mass is 368 g/mol. The van der Waals surface area contributed by atoms with E-state index >= 15 is 0 Å². The van der Waals surface area contributed by atoms with Crippen molar-refractivity contribution in [3.05, 3.63) is 66.8 Å². The summed E-state index contributed by atoms with van der Waals surface area (Å²) in [5.41, 5.74) is 1.96. The highest BCUT2D eigenvalue weighted by molar-refractivity contribution is 5.72. The van der Waals surface area contributed by atoms with E-state index in [0.29, 0.717) is 29.4 Å². The smallest absolute Gasteiger partial charge is 0.308 e. The van der Waals surface area contributed by atoms with Crippen molar-refractivity contribution >= 4 is 5.97 Å². The summed E-state index contributed by atoms with van der Waals surface area (Å²) in [5.74, 6) is 1.57. The molecule has 0 aliphatic heterocycles. The van der Waals surface area contributed by atoms with Crippen LogP contribution < -0.4 is 18.9 Å². The molecule has 0 atom stereocenters. The van der Waals surface area contributed by atoms with Gasteiger partial charge in [-0.15, -0.1) is 13.2 Å². The average molecular weight is 368 g/mol. The number of hydrogen-bond acceptors (Lipinski definition) is 5. The van der Waals surface area contributed by atoms with Crippen molar-refractivity contribution in [2.75, 3.05) is 14.2 Å². The molecule has 0 N–H and O–H groups in total. The summed E-state index contributed by atoms with van der Waals surface area (Å²) in [4.78, 5) is 11.6. The third kappa shape index (κ3) is 5.14. The van der Waals surface area contributed by atoms with Crippen LogP contribution in [0, 0.1) is 0 Å².